The van der Waals surface area contributed by atoms with E-state index in [2.05, 4.69) is 105 Å². The van der Waals surface area contributed by atoms with Crippen molar-refractivity contribution >= 4 is 24.2 Å². The molecule has 0 saturated carbocycles. The average molecular weight is 524 g/mol. The summed E-state index contributed by atoms with van der Waals surface area (Å²) >= 11 is 0. The molecule has 1 aromatic carbocycles. The third-order valence-electron chi connectivity index (χ3n) is 6.99. The number of hydrogen-bond donors (Lipinski definition) is 1. The van der Waals surface area contributed by atoms with Crippen molar-refractivity contribution in [1.82, 2.24) is 5.32 Å². The van der Waals surface area contributed by atoms with Crippen LogP contribution in [0.3, 0.4) is 0 Å². The maximum Gasteiger partial charge on any atom is 0.408 e. The summed E-state index contributed by atoms with van der Waals surface area (Å²) in [6.45, 7) is 29.8. The van der Waals surface area contributed by atoms with Gasteiger partial charge in [-0.3, -0.25) is 0 Å². The first-order chi connectivity index (χ1) is 15.5. The van der Waals surface area contributed by atoms with Gasteiger partial charge in [-0.05, 0) is 95.3 Å². The van der Waals surface area contributed by atoms with Crippen molar-refractivity contribution in [2.24, 2.45) is 0 Å². The minimum atomic E-state index is -1.87. The summed E-state index contributed by atoms with van der Waals surface area (Å²) in [5.74, 6) is 0.926. The molecule has 0 spiro atoms. The zero-order chi connectivity index (χ0) is 27.5. The van der Waals surface area contributed by atoms with Crippen LogP contribution in [0, 0.1) is 0 Å². The number of alkyl carbamates (subject to hydrolysis) is 1. The Kier molecular flexibility index (Phi) is 9.94. The van der Waals surface area contributed by atoms with Crippen molar-refractivity contribution in [2.75, 3.05) is 0 Å². The normalized spacial score (nSPS) is 15.7. The van der Waals surface area contributed by atoms with Gasteiger partial charge in [-0.2, -0.15) is 0 Å². The quantitative estimate of drug-likeness (QED) is 0.343. The van der Waals surface area contributed by atoms with Gasteiger partial charge in [-0.1, -0.05) is 53.7 Å². The fraction of sp³-hybridized carbons (Fsp3) is 0.750. The SMILES string of the molecule is CC(C)(C)OC(=O)N[C@](C)(CCc1ccc(O[Si](C)(C)C(C)(C)C)cc1)C(C)(C)O[SiH2]C(C)(C)C. The zero-order valence-corrected chi connectivity index (χ0v) is 27.5. The molecule has 0 aliphatic heterocycles. The first-order valence-electron chi connectivity index (χ1n) is 12.9. The van der Waals surface area contributed by atoms with Gasteiger partial charge in [0.2, 0.25) is 8.32 Å². The summed E-state index contributed by atoms with van der Waals surface area (Å²) in [6, 6.07) is 8.41. The molecular weight excluding hydrogens is 470 g/mol. The number of aryl methyl sites for hydroxylation is 1. The summed E-state index contributed by atoms with van der Waals surface area (Å²) in [4.78, 5) is 12.8. The molecule has 202 valence electrons. The van der Waals surface area contributed by atoms with E-state index in [4.69, 9.17) is 13.6 Å². The number of ether oxygens (including phenoxy) is 1. The maximum atomic E-state index is 12.8. The Bertz CT molecular complexity index is 830. The van der Waals surface area contributed by atoms with Crippen LogP contribution in [-0.2, 0) is 15.6 Å². The lowest BCUT2D eigenvalue weighted by atomic mass is 9.79. The summed E-state index contributed by atoms with van der Waals surface area (Å²) < 4.78 is 18.6. The molecule has 0 heterocycles. The van der Waals surface area contributed by atoms with E-state index in [1.807, 2.05) is 20.8 Å². The van der Waals surface area contributed by atoms with Crippen molar-refractivity contribution in [2.45, 2.75) is 136 Å². The van der Waals surface area contributed by atoms with E-state index in [0.29, 0.717) is 0 Å². The van der Waals surface area contributed by atoms with Crippen LogP contribution < -0.4 is 9.74 Å². The van der Waals surface area contributed by atoms with E-state index in [1.165, 1.54) is 5.56 Å². The van der Waals surface area contributed by atoms with Crippen LogP contribution in [0.2, 0.25) is 23.2 Å². The molecule has 5 nitrogen and oxygen atoms in total. The van der Waals surface area contributed by atoms with Crippen molar-refractivity contribution in [3.05, 3.63) is 29.8 Å². The highest BCUT2D eigenvalue weighted by molar-refractivity contribution is 6.74. The highest BCUT2D eigenvalue weighted by Crippen LogP contribution is 2.38. The van der Waals surface area contributed by atoms with Gasteiger partial charge < -0.3 is 18.9 Å². The number of carbonyl (C=O) groups excluding carboxylic acids is 1. The van der Waals surface area contributed by atoms with E-state index in [9.17, 15) is 4.79 Å². The molecule has 0 bridgehead atoms. The lowest BCUT2D eigenvalue weighted by Crippen LogP contribution is -2.62. The molecule has 35 heavy (non-hydrogen) atoms. The van der Waals surface area contributed by atoms with Gasteiger partial charge in [0.25, 0.3) is 0 Å². The van der Waals surface area contributed by atoms with E-state index in [0.717, 1.165) is 18.6 Å². The minimum Gasteiger partial charge on any atom is -0.544 e. The van der Waals surface area contributed by atoms with Gasteiger partial charge in [0.15, 0.2) is 9.76 Å². The van der Waals surface area contributed by atoms with E-state index in [1.54, 1.807) is 0 Å². The van der Waals surface area contributed by atoms with Gasteiger partial charge >= 0.3 is 6.09 Å². The standard InChI is InChI=1S/C28H53NO4Si2/c1-24(2,3)31-23(30)29-28(12,27(10,11)33-34-25(4,5)6)20-19-21-15-17-22(18-16-21)32-35(13,14)26(7,8)9/h15-18H,19-20,34H2,1-14H3,(H,29,30)/t28-/m1/s1. The zero-order valence-electron chi connectivity index (χ0n) is 25.1. The van der Waals surface area contributed by atoms with Crippen LogP contribution in [0.15, 0.2) is 24.3 Å². The highest BCUT2D eigenvalue weighted by atomic mass is 28.4. The summed E-state index contributed by atoms with van der Waals surface area (Å²) in [5.41, 5.74) is -0.511. The second-order valence-electron chi connectivity index (χ2n) is 14.3. The van der Waals surface area contributed by atoms with Crippen LogP contribution in [0.5, 0.6) is 5.75 Å². The number of carbonyl (C=O) groups is 1. The van der Waals surface area contributed by atoms with E-state index < -0.39 is 40.9 Å². The molecule has 0 aliphatic carbocycles. The molecule has 1 atom stereocenters. The monoisotopic (exact) mass is 523 g/mol. The van der Waals surface area contributed by atoms with Crippen LogP contribution in [0.25, 0.3) is 0 Å². The second-order valence-corrected chi connectivity index (χ2v) is 21.7. The first kappa shape index (κ1) is 31.7. The van der Waals surface area contributed by atoms with Crippen LogP contribution in [0.4, 0.5) is 4.79 Å². The summed E-state index contributed by atoms with van der Waals surface area (Å²) in [6.07, 6.45) is 1.11. The molecule has 0 fully saturated rings. The predicted molar refractivity (Wildman–Crippen MR) is 154 cm³/mol. The first-order valence-corrected chi connectivity index (χ1v) is 17.1. The Hall–Kier alpha value is -1.32. The minimum absolute atomic E-state index is 0.156. The molecule has 0 aromatic heterocycles. The summed E-state index contributed by atoms with van der Waals surface area (Å²) in [7, 11) is -2.69. The van der Waals surface area contributed by atoms with Crippen LogP contribution >= 0.6 is 0 Å². The number of rotatable bonds is 9. The highest BCUT2D eigenvalue weighted by Gasteiger charge is 2.44. The van der Waals surface area contributed by atoms with Gasteiger partial charge in [0, 0.05) is 0 Å². The van der Waals surface area contributed by atoms with Crippen molar-refractivity contribution in [3.8, 4) is 5.75 Å². The topological polar surface area (TPSA) is 56.8 Å². The second kappa shape index (κ2) is 11.0. The Morgan fingerprint density at radius 3 is 1.83 bits per heavy atom. The van der Waals surface area contributed by atoms with Gasteiger partial charge in [0.05, 0.1) is 11.1 Å². The molecule has 7 heteroatoms. The Morgan fingerprint density at radius 1 is 0.886 bits per heavy atom. The Labute approximate surface area is 219 Å². The van der Waals surface area contributed by atoms with Crippen molar-refractivity contribution < 1.29 is 18.4 Å². The summed E-state index contributed by atoms with van der Waals surface area (Å²) in [5, 5.41) is 3.49. The van der Waals surface area contributed by atoms with Gasteiger partial charge in [-0.25, -0.2) is 4.79 Å². The molecule has 1 amide bonds. The fourth-order valence-corrected chi connectivity index (χ4v) is 5.31. The molecule has 0 saturated heterocycles. The lowest BCUT2D eigenvalue weighted by Gasteiger charge is -2.46. The Morgan fingerprint density at radius 2 is 1.40 bits per heavy atom. The molecule has 0 radical (unpaired) electrons. The largest absolute Gasteiger partial charge is 0.544 e. The molecule has 1 N–H and O–H groups in total. The van der Waals surface area contributed by atoms with Crippen molar-refractivity contribution in [1.29, 1.82) is 0 Å². The van der Waals surface area contributed by atoms with Gasteiger partial charge in [0.1, 0.15) is 11.4 Å². The average Bonchev–Trinajstić information content (AvgIpc) is 2.62. The van der Waals surface area contributed by atoms with E-state index in [-0.39, 0.29) is 10.1 Å². The van der Waals surface area contributed by atoms with Crippen molar-refractivity contribution in [3.63, 3.8) is 0 Å². The fourth-order valence-electron chi connectivity index (χ4n) is 3.17. The Balaban J connectivity index is 3.06. The van der Waals surface area contributed by atoms with Crippen LogP contribution in [0.1, 0.15) is 95.1 Å². The molecule has 0 aliphatic rings. The third kappa shape index (κ3) is 10.3. The number of nitrogens with one attached hydrogen (secondary N) is 1. The number of hydrogen-bond acceptors (Lipinski definition) is 4. The smallest absolute Gasteiger partial charge is 0.408 e. The lowest BCUT2D eigenvalue weighted by molar-refractivity contribution is -0.00855. The molecule has 1 aromatic rings. The van der Waals surface area contributed by atoms with E-state index >= 15 is 0 Å². The number of amides is 1. The molecular formula is C28H53NO4Si2. The molecule has 0 unspecified atom stereocenters. The van der Waals surface area contributed by atoms with Gasteiger partial charge in [-0.15, -0.1) is 0 Å². The number of benzene rings is 1. The predicted octanol–water partition coefficient (Wildman–Crippen LogP) is 7.38. The maximum absolute atomic E-state index is 12.8. The van der Waals surface area contributed by atoms with Crippen LogP contribution in [-0.4, -0.2) is 40.9 Å². The third-order valence-corrected chi connectivity index (χ3v) is 13.1. The molecule has 1 rings (SSSR count).